The monoisotopic (exact) mass is 340 g/mol. The van der Waals surface area contributed by atoms with Gasteiger partial charge in [-0.15, -0.1) is 5.10 Å². The summed E-state index contributed by atoms with van der Waals surface area (Å²) in [5.74, 6) is 0.286. The third-order valence-electron chi connectivity index (χ3n) is 2.89. The first-order chi connectivity index (χ1) is 9.47. The van der Waals surface area contributed by atoms with Crippen LogP contribution in [0.1, 0.15) is 25.1 Å². The van der Waals surface area contributed by atoms with Gasteiger partial charge in [0.2, 0.25) is 0 Å². The fraction of sp³-hybridized carbons (Fsp3) is 0.429. The minimum Gasteiger partial charge on any atom is -0.311 e. The highest BCUT2D eigenvalue weighted by molar-refractivity contribution is 9.10. The Kier molecular flexibility index (Phi) is 4.88. The molecule has 0 fully saturated rings. The molecule has 0 atom stereocenters. The fourth-order valence-electron chi connectivity index (χ4n) is 1.87. The lowest BCUT2D eigenvalue weighted by molar-refractivity contribution is 0.548. The Morgan fingerprint density at radius 1 is 1.40 bits per heavy atom. The second kappa shape index (κ2) is 6.45. The highest BCUT2D eigenvalue weighted by atomic mass is 79.9. The van der Waals surface area contributed by atoms with Crippen LogP contribution < -0.4 is 5.32 Å². The van der Waals surface area contributed by atoms with E-state index in [-0.39, 0.29) is 5.82 Å². The molecule has 1 N–H and O–H groups in total. The summed E-state index contributed by atoms with van der Waals surface area (Å²) < 4.78 is 15.7. The zero-order valence-corrected chi connectivity index (χ0v) is 13.4. The van der Waals surface area contributed by atoms with E-state index in [9.17, 15) is 4.39 Å². The summed E-state index contributed by atoms with van der Waals surface area (Å²) in [4.78, 5) is 0. The number of aryl methyl sites for hydroxylation is 1. The maximum atomic E-state index is 13.6. The van der Waals surface area contributed by atoms with Crippen LogP contribution in [-0.4, -0.2) is 21.5 Å². The Hall–Kier alpha value is -1.27. The molecule has 0 aliphatic rings. The average molecular weight is 341 g/mol. The molecule has 108 valence electrons. The van der Waals surface area contributed by atoms with Crippen LogP contribution >= 0.6 is 15.9 Å². The summed E-state index contributed by atoms with van der Waals surface area (Å²) in [6.45, 7) is 7.81. The molecule has 0 amide bonds. The van der Waals surface area contributed by atoms with Gasteiger partial charge in [0.25, 0.3) is 0 Å². The van der Waals surface area contributed by atoms with Crippen molar-refractivity contribution in [2.24, 2.45) is 5.92 Å². The molecule has 0 unspecified atom stereocenters. The first kappa shape index (κ1) is 15.1. The van der Waals surface area contributed by atoms with Gasteiger partial charge in [0.15, 0.2) is 0 Å². The summed E-state index contributed by atoms with van der Waals surface area (Å²) in [5, 5.41) is 11.5. The van der Waals surface area contributed by atoms with Crippen molar-refractivity contribution in [2.45, 2.75) is 27.3 Å². The van der Waals surface area contributed by atoms with Gasteiger partial charge < -0.3 is 5.32 Å². The number of rotatable bonds is 5. The molecule has 20 heavy (non-hydrogen) atoms. The Morgan fingerprint density at radius 3 is 2.85 bits per heavy atom. The van der Waals surface area contributed by atoms with Gasteiger partial charge in [-0.2, -0.15) is 0 Å². The molecular weight excluding hydrogens is 323 g/mol. The first-order valence-corrected chi connectivity index (χ1v) is 7.34. The van der Waals surface area contributed by atoms with Gasteiger partial charge in [0.1, 0.15) is 5.82 Å². The van der Waals surface area contributed by atoms with Crippen molar-refractivity contribution in [3.8, 4) is 5.69 Å². The van der Waals surface area contributed by atoms with E-state index < -0.39 is 0 Å². The average Bonchev–Trinajstić information content (AvgIpc) is 2.82. The maximum Gasteiger partial charge on any atom is 0.139 e. The number of aromatic nitrogens is 3. The van der Waals surface area contributed by atoms with Gasteiger partial charge in [0.05, 0.1) is 22.1 Å². The molecular formula is C14H18BrFN4. The van der Waals surface area contributed by atoms with Gasteiger partial charge in [0, 0.05) is 12.6 Å². The predicted octanol–water partition coefficient (Wildman–Crippen LogP) is 3.22. The summed E-state index contributed by atoms with van der Waals surface area (Å²) >= 11 is 3.18. The van der Waals surface area contributed by atoms with E-state index in [0.29, 0.717) is 22.6 Å². The van der Waals surface area contributed by atoms with Crippen molar-refractivity contribution in [3.05, 3.63) is 39.9 Å². The number of nitrogens with one attached hydrogen (secondary N) is 1. The van der Waals surface area contributed by atoms with Crippen LogP contribution in [-0.2, 0) is 6.54 Å². The van der Waals surface area contributed by atoms with Crippen molar-refractivity contribution >= 4 is 15.9 Å². The number of hydrogen-bond donors (Lipinski definition) is 1. The quantitative estimate of drug-likeness (QED) is 0.908. The Labute approximate surface area is 126 Å². The lowest BCUT2D eigenvalue weighted by Crippen LogP contribution is -2.19. The van der Waals surface area contributed by atoms with E-state index in [1.54, 1.807) is 10.7 Å². The zero-order chi connectivity index (χ0) is 14.7. The smallest absolute Gasteiger partial charge is 0.139 e. The Bertz CT molecular complexity index is 595. The number of halogens is 2. The molecule has 4 nitrogen and oxygen atoms in total. The van der Waals surface area contributed by atoms with E-state index in [4.69, 9.17) is 0 Å². The van der Waals surface area contributed by atoms with Gasteiger partial charge in [-0.1, -0.05) is 19.1 Å². The van der Waals surface area contributed by atoms with Gasteiger partial charge in [-0.25, -0.2) is 9.07 Å². The standard InChI is InChI=1S/C14H18BrFN4/c1-9(2)6-17-7-11-8-20(19-18-11)14-5-13(16)12(15)4-10(14)3/h4-5,8-9,17H,6-7H2,1-3H3. The lowest BCUT2D eigenvalue weighted by Gasteiger charge is -2.06. The molecule has 0 aliphatic carbocycles. The third kappa shape index (κ3) is 3.64. The van der Waals surface area contributed by atoms with Gasteiger partial charge >= 0.3 is 0 Å². The van der Waals surface area contributed by atoms with Crippen molar-refractivity contribution < 1.29 is 4.39 Å². The van der Waals surface area contributed by atoms with Crippen molar-refractivity contribution in [1.82, 2.24) is 20.3 Å². The van der Waals surface area contributed by atoms with E-state index in [2.05, 4.69) is 45.4 Å². The lowest BCUT2D eigenvalue weighted by atomic mass is 10.2. The zero-order valence-electron chi connectivity index (χ0n) is 11.8. The van der Waals surface area contributed by atoms with Crippen molar-refractivity contribution in [1.29, 1.82) is 0 Å². The molecule has 1 aromatic heterocycles. The van der Waals surface area contributed by atoms with Crippen molar-refractivity contribution in [3.63, 3.8) is 0 Å². The van der Waals surface area contributed by atoms with Gasteiger partial charge in [-0.3, -0.25) is 0 Å². The van der Waals surface area contributed by atoms with Crippen LogP contribution in [0.3, 0.4) is 0 Å². The minimum absolute atomic E-state index is 0.305. The van der Waals surface area contributed by atoms with E-state index in [1.165, 1.54) is 6.07 Å². The highest BCUT2D eigenvalue weighted by Gasteiger charge is 2.09. The molecule has 1 heterocycles. The molecule has 0 saturated carbocycles. The molecule has 0 spiro atoms. The molecule has 0 aliphatic heterocycles. The topological polar surface area (TPSA) is 42.7 Å². The van der Waals surface area contributed by atoms with E-state index in [1.807, 2.05) is 13.1 Å². The summed E-state index contributed by atoms with van der Waals surface area (Å²) in [6, 6.07) is 3.20. The molecule has 6 heteroatoms. The molecule has 1 aromatic carbocycles. The number of benzene rings is 1. The second-order valence-electron chi connectivity index (χ2n) is 5.23. The van der Waals surface area contributed by atoms with Crippen LogP contribution in [0.4, 0.5) is 4.39 Å². The molecule has 0 bridgehead atoms. The molecule has 2 rings (SSSR count). The van der Waals surface area contributed by atoms with Crippen LogP contribution in [0.2, 0.25) is 0 Å². The summed E-state index contributed by atoms with van der Waals surface area (Å²) in [7, 11) is 0. The Morgan fingerprint density at radius 2 is 2.15 bits per heavy atom. The maximum absolute atomic E-state index is 13.6. The van der Waals surface area contributed by atoms with Crippen LogP contribution in [0.15, 0.2) is 22.8 Å². The Balaban J connectivity index is 2.14. The number of hydrogen-bond acceptors (Lipinski definition) is 3. The molecule has 0 radical (unpaired) electrons. The van der Waals surface area contributed by atoms with E-state index in [0.717, 1.165) is 17.8 Å². The second-order valence-corrected chi connectivity index (χ2v) is 6.09. The SMILES string of the molecule is Cc1cc(Br)c(F)cc1-n1cc(CNCC(C)C)nn1. The number of nitrogens with zero attached hydrogens (tertiary/aromatic N) is 3. The summed E-state index contributed by atoms with van der Waals surface area (Å²) in [6.07, 6.45) is 1.82. The molecule has 2 aromatic rings. The third-order valence-corrected chi connectivity index (χ3v) is 3.49. The largest absolute Gasteiger partial charge is 0.311 e. The van der Waals surface area contributed by atoms with Crippen molar-refractivity contribution in [2.75, 3.05) is 6.54 Å². The predicted molar refractivity (Wildman–Crippen MR) is 80.3 cm³/mol. The van der Waals surface area contributed by atoms with Crippen LogP contribution in [0, 0.1) is 18.7 Å². The fourth-order valence-corrected chi connectivity index (χ4v) is 2.33. The van der Waals surface area contributed by atoms with Crippen LogP contribution in [0.25, 0.3) is 5.69 Å². The van der Waals surface area contributed by atoms with Gasteiger partial charge in [-0.05, 0) is 46.9 Å². The minimum atomic E-state index is -0.305. The first-order valence-electron chi connectivity index (χ1n) is 6.55. The molecule has 0 saturated heterocycles. The highest BCUT2D eigenvalue weighted by Crippen LogP contribution is 2.22. The van der Waals surface area contributed by atoms with Crippen LogP contribution in [0.5, 0.6) is 0 Å². The normalized spacial score (nSPS) is 11.3. The van der Waals surface area contributed by atoms with E-state index >= 15 is 0 Å². The summed E-state index contributed by atoms with van der Waals surface area (Å²) in [5.41, 5.74) is 2.48.